The molecule has 2 saturated heterocycles. The topological polar surface area (TPSA) is 63.2 Å². The molecule has 3 fully saturated rings. The molecule has 0 unspecified atom stereocenters. The number of esters is 1. The third-order valence-electron chi connectivity index (χ3n) is 5.06. The van der Waals surface area contributed by atoms with E-state index in [2.05, 4.69) is 0 Å². The van der Waals surface area contributed by atoms with Crippen LogP contribution in [0.5, 0.6) is 0 Å². The molecule has 6 heteroatoms. The molecule has 3 aliphatic rings. The van der Waals surface area contributed by atoms with Gasteiger partial charge in [0.15, 0.2) is 12.6 Å². The average Bonchev–Trinajstić information content (AvgIpc) is 3.38. The summed E-state index contributed by atoms with van der Waals surface area (Å²) < 4.78 is 28.6. The zero-order valence-corrected chi connectivity index (χ0v) is 13.8. The molecule has 0 radical (unpaired) electrons. The number of carbonyl (C=O) groups is 1. The van der Waals surface area contributed by atoms with Gasteiger partial charge in [0.25, 0.3) is 0 Å². The number of carbonyl (C=O) groups excluding carboxylic acids is 1. The molecule has 0 bridgehead atoms. The van der Waals surface area contributed by atoms with Crippen molar-refractivity contribution in [1.29, 1.82) is 0 Å². The smallest absolute Gasteiger partial charge is 0.309 e. The highest BCUT2D eigenvalue weighted by atomic mass is 16.7. The standard InChI is InChI=1S/C18H22O6/c1-3-21-16(19)13-12-14(13)18(20-2)23-11-9-22-17(24-15(11)12)10-7-5-4-6-8-10/h4-8,11-15,17-18H,3,9H2,1-2H3/t11-,12-,13+,14-,15-,17+,18+/m1/s1. The van der Waals surface area contributed by atoms with Gasteiger partial charge in [-0.1, -0.05) is 30.3 Å². The monoisotopic (exact) mass is 334 g/mol. The number of rotatable bonds is 4. The summed E-state index contributed by atoms with van der Waals surface area (Å²) in [4.78, 5) is 12.2. The maximum Gasteiger partial charge on any atom is 0.309 e. The SMILES string of the molecule is CCOC(=O)[C@H]1[C@H]2[C@@H]3O[C@@H](c4ccccc4)OC[C@H]3O[C@H](OC)[C@@H]12. The molecule has 1 aromatic rings. The lowest BCUT2D eigenvalue weighted by Gasteiger charge is -2.41. The third kappa shape index (κ3) is 2.63. The minimum Gasteiger partial charge on any atom is -0.466 e. The van der Waals surface area contributed by atoms with Crippen molar-refractivity contribution in [2.75, 3.05) is 20.3 Å². The van der Waals surface area contributed by atoms with Crippen LogP contribution < -0.4 is 0 Å². The minimum atomic E-state index is -0.431. The second-order valence-corrected chi connectivity index (χ2v) is 6.39. The van der Waals surface area contributed by atoms with Crippen LogP contribution in [0.2, 0.25) is 0 Å². The Morgan fingerprint density at radius 3 is 2.71 bits per heavy atom. The van der Waals surface area contributed by atoms with E-state index in [0.717, 1.165) is 5.56 Å². The van der Waals surface area contributed by atoms with E-state index >= 15 is 0 Å². The summed E-state index contributed by atoms with van der Waals surface area (Å²) >= 11 is 0. The Balaban J connectivity index is 1.52. The van der Waals surface area contributed by atoms with Gasteiger partial charge in [0.2, 0.25) is 0 Å². The fraction of sp³-hybridized carbons (Fsp3) is 0.611. The van der Waals surface area contributed by atoms with Gasteiger partial charge in [-0.05, 0) is 6.92 Å². The van der Waals surface area contributed by atoms with Crippen molar-refractivity contribution in [1.82, 2.24) is 0 Å². The van der Waals surface area contributed by atoms with Crippen molar-refractivity contribution < 1.29 is 28.5 Å². The van der Waals surface area contributed by atoms with Crippen LogP contribution in [0.15, 0.2) is 30.3 Å². The number of ether oxygens (including phenoxy) is 5. The number of hydrogen-bond acceptors (Lipinski definition) is 6. The van der Waals surface area contributed by atoms with E-state index in [1.54, 1.807) is 7.11 Å². The summed E-state index contributed by atoms with van der Waals surface area (Å²) in [5.41, 5.74) is 0.967. The van der Waals surface area contributed by atoms with Gasteiger partial charge in [0, 0.05) is 24.5 Å². The van der Waals surface area contributed by atoms with E-state index in [4.69, 9.17) is 23.7 Å². The summed E-state index contributed by atoms with van der Waals surface area (Å²) in [5, 5.41) is 0. The van der Waals surface area contributed by atoms with Crippen molar-refractivity contribution in [3.63, 3.8) is 0 Å². The van der Waals surface area contributed by atoms with E-state index < -0.39 is 12.6 Å². The maximum atomic E-state index is 12.2. The zero-order chi connectivity index (χ0) is 16.7. The summed E-state index contributed by atoms with van der Waals surface area (Å²) in [6.07, 6.45) is -1.25. The Morgan fingerprint density at radius 1 is 1.21 bits per heavy atom. The first-order valence-corrected chi connectivity index (χ1v) is 8.41. The van der Waals surface area contributed by atoms with Crippen molar-refractivity contribution in [3.8, 4) is 0 Å². The lowest BCUT2D eigenvalue weighted by atomic mass is 10.0. The first kappa shape index (κ1) is 16.0. The molecule has 2 heterocycles. The van der Waals surface area contributed by atoms with Crippen LogP contribution in [0.4, 0.5) is 0 Å². The van der Waals surface area contributed by atoms with Crippen LogP contribution >= 0.6 is 0 Å². The molecule has 0 spiro atoms. The van der Waals surface area contributed by atoms with Gasteiger partial charge in [-0.15, -0.1) is 0 Å². The third-order valence-corrected chi connectivity index (χ3v) is 5.06. The highest BCUT2D eigenvalue weighted by Gasteiger charge is 2.69. The van der Waals surface area contributed by atoms with Crippen molar-refractivity contribution in [2.45, 2.75) is 31.7 Å². The molecule has 7 atom stereocenters. The van der Waals surface area contributed by atoms with Gasteiger partial charge in [0.05, 0.1) is 25.2 Å². The van der Waals surface area contributed by atoms with E-state index in [1.165, 1.54) is 0 Å². The molecule has 1 aliphatic carbocycles. The molecule has 1 saturated carbocycles. The van der Waals surface area contributed by atoms with Gasteiger partial charge in [0.1, 0.15) is 6.10 Å². The molecule has 0 amide bonds. The van der Waals surface area contributed by atoms with Gasteiger partial charge in [-0.2, -0.15) is 0 Å². The van der Waals surface area contributed by atoms with E-state index in [1.807, 2.05) is 37.3 Å². The predicted molar refractivity (Wildman–Crippen MR) is 82.8 cm³/mol. The second-order valence-electron chi connectivity index (χ2n) is 6.39. The lowest BCUT2D eigenvalue weighted by molar-refractivity contribution is -0.316. The molecule has 130 valence electrons. The quantitative estimate of drug-likeness (QED) is 0.784. The number of methoxy groups -OCH3 is 1. The van der Waals surface area contributed by atoms with E-state index in [9.17, 15) is 4.79 Å². The van der Waals surface area contributed by atoms with E-state index in [-0.39, 0.29) is 35.9 Å². The van der Waals surface area contributed by atoms with Gasteiger partial charge < -0.3 is 23.7 Å². The van der Waals surface area contributed by atoms with Gasteiger partial charge in [-0.3, -0.25) is 4.79 Å². The van der Waals surface area contributed by atoms with Crippen LogP contribution in [-0.2, 0) is 28.5 Å². The highest BCUT2D eigenvalue weighted by Crippen LogP contribution is 2.58. The highest BCUT2D eigenvalue weighted by molar-refractivity contribution is 5.77. The first-order valence-electron chi connectivity index (χ1n) is 8.41. The average molecular weight is 334 g/mol. The molecular weight excluding hydrogens is 312 g/mol. The molecule has 0 N–H and O–H groups in total. The molecular formula is C18H22O6. The maximum absolute atomic E-state index is 12.2. The molecule has 6 nitrogen and oxygen atoms in total. The van der Waals surface area contributed by atoms with E-state index in [0.29, 0.717) is 13.2 Å². The largest absolute Gasteiger partial charge is 0.466 e. The summed E-state index contributed by atoms with van der Waals surface area (Å²) in [7, 11) is 1.60. The lowest BCUT2D eigenvalue weighted by Crippen LogP contribution is -2.49. The molecule has 1 aromatic carbocycles. The fourth-order valence-corrected chi connectivity index (χ4v) is 3.95. The Labute approximate surface area is 141 Å². The molecule has 2 aliphatic heterocycles. The molecule has 0 aromatic heterocycles. The fourth-order valence-electron chi connectivity index (χ4n) is 3.95. The summed E-state index contributed by atoms with van der Waals surface area (Å²) in [6, 6.07) is 9.80. The zero-order valence-electron chi connectivity index (χ0n) is 13.8. The van der Waals surface area contributed by atoms with Crippen LogP contribution in [0.1, 0.15) is 18.8 Å². The summed E-state index contributed by atoms with van der Waals surface area (Å²) in [6.45, 7) is 2.61. The van der Waals surface area contributed by atoms with Crippen molar-refractivity contribution >= 4 is 5.97 Å². The normalized spacial score (nSPS) is 40.3. The molecule has 24 heavy (non-hydrogen) atoms. The Kier molecular flexibility index (Phi) is 4.30. The van der Waals surface area contributed by atoms with Gasteiger partial charge >= 0.3 is 5.97 Å². The number of hydrogen-bond donors (Lipinski definition) is 0. The Morgan fingerprint density at radius 2 is 2.00 bits per heavy atom. The van der Waals surface area contributed by atoms with Gasteiger partial charge in [-0.25, -0.2) is 0 Å². The molecule has 4 rings (SSSR count). The Bertz CT molecular complexity index is 590. The van der Waals surface area contributed by atoms with Crippen LogP contribution in [0.3, 0.4) is 0 Å². The van der Waals surface area contributed by atoms with Crippen LogP contribution in [0, 0.1) is 17.8 Å². The number of fused-ring (bicyclic) bond motifs is 3. The van der Waals surface area contributed by atoms with Crippen LogP contribution in [-0.4, -0.2) is 44.8 Å². The Hall–Kier alpha value is -1.47. The van der Waals surface area contributed by atoms with Crippen molar-refractivity contribution in [3.05, 3.63) is 35.9 Å². The number of benzene rings is 1. The first-order chi connectivity index (χ1) is 11.7. The minimum absolute atomic E-state index is 0.00942. The predicted octanol–water partition coefficient (Wildman–Crippen LogP) is 1.90. The van der Waals surface area contributed by atoms with Crippen molar-refractivity contribution in [2.24, 2.45) is 17.8 Å². The second kappa shape index (κ2) is 6.44. The van der Waals surface area contributed by atoms with Crippen LogP contribution in [0.25, 0.3) is 0 Å². The summed E-state index contributed by atoms with van der Waals surface area (Å²) in [5.74, 6) is -0.364.